The van der Waals surface area contributed by atoms with E-state index in [1.165, 1.54) is 23.3 Å². The average molecular weight is 378 g/mol. The zero-order chi connectivity index (χ0) is 19.5. The van der Waals surface area contributed by atoms with E-state index in [4.69, 9.17) is 0 Å². The van der Waals surface area contributed by atoms with E-state index in [1.54, 1.807) is 12.1 Å². The minimum absolute atomic E-state index is 0.313. The molecule has 0 saturated carbocycles. The van der Waals surface area contributed by atoms with Crippen molar-refractivity contribution in [2.75, 3.05) is 28.6 Å². The third kappa shape index (κ3) is 4.19. The van der Waals surface area contributed by atoms with Crippen molar-refractivity contribution in [3.63, 3.8) is 0 Å². The Morgan fingerprint density at radius 1 is 0.821 bits per heavy atom. The van der Waals surface area contributed by atoms with Crippen LogP contribution in [-0.4, -0.2) is 28.0 Å². The molecule has 1 fully saturated rings. The average Bonchev–Trinajstić information content (AvgIpc) is 3.19. The summed E-state index contributed by atoms with van der Waals surface area (Å²) in [6, 6.07) is 12.4. The van der Waals surface area contributed by atoms with E-state index in [2.05, 4.69) is 56.5 Å². The number of nitrogens with one attached hydrogen (secondary N) is 2. The van der Waals surface area contributed by atoms with Gasteiger partial charge in [-0.2, -0.15) is 15.0 Å². The van der Waals surface area contributed by atoms with Gasteiger partial charge in [0.2, 0.25) is 17.8 Å². The number of anilines is 5. The third-order valence-electron chi connectivity index (χ3n) is 4.86. The van der Waals surface area contributed by atoms with Gasteiger partial charge >= 0.3 is 0 Å². The summed E-state index contributed by atoms with van der Waals surface area (Å²) >= 11 is 0. The predicted octanol–water partition coefficient (Wildman–Crippen LogP) is 4.71. The highest BCUT2D eigenvalue weighted by molar-refractivity contribution is 5.60. The van der Waals surface area contributed by atoms with E-state index in [1.807, 2.05) is 6.07 Å². The Balaban J connectivity index is 1.66. The number of aryl methyl sites for hydroxylation is 2. The SMILES string of the molecule is Cc1ccc(Nc2nc(Nc3cccc(F)c3)nc(N3CCCC3)n2)cc1C. The van der Waals surface area contributed by atoms with Crippen LogP contribution < -0.4 is 15.5 Å². The van der Waals surface area contributed by atoms with Gasteiger partial charge in [0.15, 0.2) is 0 Å². The molecular weight excluding hydrogens is 355 g/mol. The molecule has 0 spiro atoms. The first-order chi connectivity index (χ1) is 13.6. The highest BCUT2D eigenvalue weighted by atomic mass is 19.1. The maximum atomic E-state index is 13.5. The number of aromatic nitrogens is 3. The van der Waals surface area contributed by atoms with Gasteiger partial charge in [0.05, 0.1) is 0 Å². The lowest BCUT2D eigenvalue weighted by molar-refractivity contribution is 0.628. The van der Waals surface area contributed by atoms with E-state index in [0.717, 1.165) is 31.6 Å². The first kappa shape index (κ1) is 18.2. The Morgan fingerprint density at radius 3 is 2.14 bits per heavy atom. The number of rotatable bonds is 5. The number of hydrogen-bond donors (Lipinski definition) is 2. The van der Waals surface area contributed by atoms with Crippen LogP contribution in [0.3, 0.4) is 0 Å². The van der Waals surface area contributed by atoms with Crippen LogP contribution >= 0.6 is 0 Å². The maximum absolute atomic E-state index is 13.5. The molecule has 7 heteroatoms. The molecule has 4 rings (SSSR count). The van der Waals surface area contributed by atoms with Crippen LogP contribution in [0.2, 0.25) is 0 Å². The van der Waals surface area contributed by atoms with Crippen LogP contribution in [0.15, 0.2) is 42.5 Å². The Morgan fingerprint density at radius 2 is 1.50 bits per heavy atom. The van der Waals surface area contributed by atoms with Gasteiger partial charge in [-0.15, -0.1) is 0 Å². The first-order valence-corrected chi connectivity index (χ1v) is 9.45. The van der Waals surface area contributed by atoms with Crippen molar-refractivity contribution in [1.82, 2.24) is 15.0 Å². The van der Waals surface area contributed by atoms with Crippen molar-refractivity contribution in [2.24, 2.45) is 0 Å². The Kier molecular flexibility index (Phi) is 5.06. The summed E-state index contributed by atoms with van der Waals surface area (Å²) < 4.78 is 13.5. The Hall–Kier alpha value is -3.22. The van der Waals surface area contributed by atoms with Gasteiger partial charge in [-0.05, 0) is 68.1 Å². The number of hydrogen-bond acceptors (Lipinski definition) is 6. The second-order valence-electron chi connectivity index (χ2n) is 7.04. The van der Waals surface area contributed by atoms with E-state index in [0.29, 0.717) is 23.5 Å². The van der Waals surface area contributed by atoms with Gasteiger partial charge in [0.1, 0.15) is 5.82 Å². The van der Waals surface area contributed by atoms with Gasteiger partial charge in [-0.25, -0.2) is 4.39 Å². The van der Waals surface area contributed by atoms with Gasteiger partial charge in [-0.3, -0.25) is 0 Å². The van der Waals surface area contributed by atoms with Crippen molar-refractivity contribution in [3.05, 3.63) is 59.4 Å². The summed E-state index contributed by atoms with van der Waals surface area (Å²) in [5, 5.41) is 6.36. The molecule has 2 heterocycles. The summed E-state index contributed by atoms with van der Waals surface area (Å²) in [7, 11) is 0. The van der Waals surface area contributed by atoms with Crippen LogP contribution in [0.1, 0.15) is 24.0 Å². The molecule has 1 aliphatic heterocycles. The van der Waals surface area contributed by atoms with Crippen molar-refractivity contribution in [1.29, 1.82) is 0 Å². The lowest BCUT2D eigenvalue weighted by Crippen LogP contribution is -2.21. The van der Waals surface area contributed by atoms with Crippen molar-refractivity contribution in [2.45, 2.75) is 26.7 Å². The van der Waals surface area contributed by atoms with Gasteiger partial charge < -0.3 is 15.5 Å². The molecule has 0 aliphatic carbocycles. The molecule has 28 heavy (non-hydrogen) atoms. The van der Waals surface area contributed by atoms with Gasteiger partial charge in [0, 0.05) is 24.5 Å². The van der Waals surface area contributed by atoms with E-state index >= 15 is 0 Å². The highest BCUT2D eigenvalue weighted by Gasteiger charge is 2.18. The minimum Gasteiger partial charge on any atom is -0.341 e. The largest absolute Gasteiger partial charge is 0.341 e. The van der Waals surface area contributed by atoms with Crippen LogP contribution in [0.25, 0.3) is 0 Å². The minimum atomic E-state index is -0.313. The fraction of sp³-hybridized carbons (Fsp3) is 0.286. The first-order valence-electron chi connectivity index (χ1n) is 9.45. The molecule has 1 aromatic heterocycles. The summed E-state index contributed by atoms with van der Waals surface area (Å²) in [4.78, 5) is 15.8. The molecule has 0 radical (unpaired) electrons. The zero-order valence-electron chi connectivity index (χ0n) is 16.0. The lowest BCUT2D eigenvalue weighted by Gasteiger charge is -2.17. The quantitative estimate of drug-likeness (QED) is 0.670. The zero-order valence-corrected chi connectivity index (χ0v) is 16.0. The molecule has 1 aliphatic rings. The Bertz CT molecular complexity index is 984. The summed E-state index contributed by atoms with van der Waals surface area (Å²) in [5.41, 5.74) is 3.93. The van der Waals surface area contributed by atoms with E-state index < -0.39 is 0 Å². The molecule has 144 valence electrons. The van der Waals surface area contributed by atoms with Crippen LogP contribution in [0.4, 0.5) is 33.6 Å². The molecule has 6 nitrogen and oxygen atoms in total. The second-order valence-corrected chi connectivity index (χ2v) is 7.04. The highest BCUT2D eigenvalue weighted by Crippen LogP contribution is 2.23. The monoisotopic (exact) mass is 378 g/mol. The standard InChI is InChI=1S/C21H23FN6/c1-14-8-9-18(12-15(14)2)24-20-25-19(23-17-7-5-6-16(22)13-17)26-21(27-20)28-10-3-4-11-28/h5-9,12-13H,3-4,10-11H2,1-2H3,(H2,23,24,25,26,27). The molecule has 1 saturated heterocycles. The number of nitrogens with zero attached hydrogens (tertiary/aromatic N) is 4. The van der Waals surface area contributed by atoms with Crippen molar-refractivity contribution < 1.29 is 4.39 Å². The van der Waals surface area contributed by atoms with Crippen molar-refractivity contribution in [3.8, 4) is 0 Å². The van der Waals surface area contributed by atoms with E-state index in [9.17, 15) is 4.39 Å². The Labute approximate surface area is 163 Å². The molecule has 0 amide bonds. The number of halogens is 1. The molecular formula is C21H23FN6. The van der Waals surface area contributed by atoms with Crippen LogP contribution in [0, 0.1) is 19.7 Å². The van der Waals surface area contributed by atoms with Gasteiger partial charge in [-0.1, -0.05) is 12.1 Å². The topological polar surface area (TPSA) is 66.0 Å². The molecule has 2 N–H and O–H groups in total. The predicted molar refractivity (Wildman–Crippen MR) is 110 cm³/mol. The summed E-state index contributed by atoms with van der Waals surface area (Å²) in [6.07, 6.45) is 2.25. The summed E-state index contributed by atoms with van der Waals surface area (Å²) in [6.45, 7) is 5.99. The molecule has 2 aromatic carbocycles. The van der Waals surface area contributed by atoms with Gasteiger partial charge in [0.25, 0.3) is 0 Å². The fourth-order valence-electron chi connectivity index (χ4n) is 3.18. The molecule has 3 aromatic rings. The number of benzene rings is 2. The fourth-order valence-corrected chi connectivity index (χ4v) is 3.18. The molecule has 0 unspecified atom stereocenters. The molecule has 0 atom stereocenters. The molecule has 0 bridgehead atoms. The van der Waals surface area contributed by atoms with Crippen LogP contribution in [-0.2, 0) is 0 Å². The van der Waals surface area contributed by atoms with E-state index in [-0.39, 0.29) is 5.82 Å². The second kappa shape index (κ2) is 7.80. The normalized spacial score (nSPS) is 13.6. The third-order valence-corrected chi connectivity index (χ3v) is 4.86. The van der Waals surface area contributed by atoms with Crippen LogP contribution in [0.5, 0.6) is 0 Å². The smallest absolute Gasteiger partial charge is 0.233 e. The van der Waals surface area contributed by atoms with Crippen molar-refractivity contribution >= 4 is 29.2 Å². The maximum Gasteiger partial charge on any atom is 0.233 e. The summed E-state index contributed by atoms with van der Waals surface area (Å²) in [5.74, 6) is 1.15. The lowest BCUT2D eigenvalue weighted by atomic mass is 10.1.